The zero-order valence-corrected chi connectivity index (χ0v) is 16.8. The van der Waals surface area contributed by atoms with Crippen molar-refractivity contribution in [1.29, 1.82) is 0 Å². The summed E-state index contributed by atoms with van der Waals surface area (Å²) in [6.07, 6.45) is 8.35. The van der Waals surface area contributed by atoms with Crippen LogP contribution in [0.2, 0.25) is 0 Å². The summed E-state index contributed by atoms with van der Waals surface area (Å²) in [5.74, 6) is 1.51. The lowest BCUT2D eigenvalue weighted by Gasteiger charge is -2.24. The summed E-state index contributed by atoms with van der Waals surface area (Å²) in [6.45, 7) is 2.82. The standard InChI is InChI=1S/C23H23N5O2/c1-16-5-6-18(30-23-4-2-3-13-29-23)14-19(16)26-21-7-8-22-25-15-20(28(22)27-21)17-9-11-24-12-10-17/h5-12,14-15,23H,2-4,13H2,1H3,(H,26,27). The Morgan fingerprint density at radius 3 is 2.83 bits per heavy atom. The summed E-state index contributed by atoms with van der Waals surface area (Å²) in [4.78, 5) is 8.54. The van der Waals surface area contributed by atoms with Crippen LogP contribution in [0.1, 0.15) is 24.8 Å². The summed E-state index contributed by atoms with van der Waals surface area (Å²) in [5.41, 5.74) is 4.77. The fraction of sp³-hybridized carbons (Fsp3) is 0.261. The van der Waals surface area contributed by atoms with Gasteiger partial charge >= 0.3 is 0 Å². The number of ether oxygens (including phenoxy) is 2. The second-order valence-corrected chi connectivity index (χ2v) is 7.38. The Labute approximate surface area is 174 Å². The minimum atomic E-state index is -0.169. The number of hydrogen-bond donors (Lipinski definition) is 1. The van der Waals surface area contributed by atoms with Gasteiger partial charge in [-0.1, -0.05) is 6.07 Å². The van der Waals surface area contributed by atoms with Gasteiger partial charge in [-0.05, 0) is 55.7 Å². The summed E-state index contributed by atoms with van der Waals surface area (Å²) < 4.78 is 13.6. The molecule has 0 radical (unpaired) electrons. The lowest BCUT2D eigenvalue weighted by atomic mass is 10.2. The Morgan fingerprint density at radius 2 is 2.00 bits per heavy atom. The molecule has 0 spiro atoms. The normalized spacial score (nSPS) is 16.5. The van der Waals surface area contributed by atoms with Gasteiger partial charge < -0.3 is 14.8 Å². The van der Waals surface area contributed by atoms with Crippen molar-refractivity contribution in [2.75, 3.05) is 11.9 Å². The monoisotopic (exact) mass is 401 g/mol. The summed E-state index contributed by atoms with van der Waals surface area (Å²) in [6, 6.07) is 13.8. The predicted molar refractivity (Wildman–Crippen MR) is 115 cm³/mol. The molecular weight excluding hydrogens is 378 g/mol. The number of aryl methyl sites for hydroxylation is 1. The zero-order valence-electron chi connectivity index (χ0n) is 16.8. The molecule has 7 nitrogen and oxygen atoms in total. The summed E-state index contributed by atoms with van der Waals surface area (Å²) in [5, 5.41) is 8.17. The maximum absolute atomic E-state index is 6.02. The van der Waals surface area contributed by atoms with E-state index in [1.807, 2.05) is 53.2 Å². The van der Waals surface area contributed by atoms with E-state index in [4.69, 9.17) is 14.6 Å². The van der Waals surface area contributed by atoms with Crippen LogP contribution in [-0.4, -0.2) is 32.5 Å². The van der Waals surface area contributed by atoms with Gasteiger partial charge in [0.2, 0.25) is 0 Å². The highest BCUT2D eigenvalue weighted by molar-refractivity contribution is 5.66. The van der Waals surface area contributed by atoms with Crippen LogP contribution in [-0.2, 0) is 4.74 Å². The first-order chi connectivity index (χ1) is 14.8. The van der Waals surface area contributed by atoms with Crippen LogP contribution in [0, 0.1) is 6.92 Å². The van der Waals surface area contributed by atoms with E-state index in [9.17, 15) is 0 Å². The summed E-state index contributed by atoms with van der Waals surface area (Å²) in [7, 11) is 0. The highest BCUT2D eigenvalue weighted by Crippen LogP contribution is 2.28. The smallest absolute Gasteiger partial charge is 0.199 e. The second-order valence-electron chi connectivity index (χ2n) is 7.38. The van der Waals surface area contributed by atoms with E-state index in [0.29, 0.717) is 0 Å². The number of benzene rings is 1. The third kappa shape index (κ3) is 3.84. The SMILES string of the molecule is Cc1ccc(OC2CCCCO2)cc1Nc1ccc2ncc(-c3ccncc3)n2n1. The maximum atomic E-state index is 6.02. The molecule has 0 saturated carbocycles. The van der Waals surface area contributed by atoms with E-state index in [-0.39, 0.29) is 6.29 Å². The second kappa shape index (κ2) is 8.12. The molecule has 0 amide bonds. The van der Waals surface area contributed by atoms with Crippen molar-refractivity contribution in [1.82, 2.24) is 19.6 Å². The third-order valence-electron chi connectivity index (χ3n) is 5.22. The number of rotatable bonds is 5. The van der Waals surface area contributed by atoms with E-state index in [1.165, 1.54) is 0 Å². The molecule has 4 heterocycles. The molecule has 0 bridgehead atoms. The maximum Gasteiger partial charge on any atom is 0.199 e. The first-order valence-electron chi connectivity index (χ1n) is 10.2. The largest absolute Gasteiger partial charge is 0.465 e. The summed E-state index contributed by atoms with van der Waals surface area (Å²) >= 11 is 0. The van der Waals surface area contributed by atoms with Crippen LogP contribution in [0.3, 0.4) is 0 Å². The molecule has 7 heteroatoms. The van der Waals surface area contributed by atoms with E-state index < -0.39 is 0 Å². The predicted octanol–water partition coefficient (Wildman–Crippen LogP) is 4.75. The van der Waals surface area contributed by atoms with Crippen molar-refractivity contribution in [3.05, 3.63) is 66.6 Å². The molecule has 1 fully saturated rings. The van der Waals surface area contributed by atoms with Crippen LogP contribution < -0.4 is 10.1 Å². The number of pyridine rings is 1. The fourth-order valence-corrected chi connectivity index (χ4v) is 3.56. The quantitative estimate of drug-likeness (QED) is 0.520. The number of fused-ring (bicyclic) bond motifs is 1. The topological polar surface area (TPSA) is 73.6 Å². The third-order valence-corrected chi connectivity index (χ3v) is 5.22. The minimum Gasteiger partial charge on any atom is -0.465 e. The number of imidazole rings is 1. The van der Waals surface area contributed by atoms with Gasteiger partial charge in [-0.25, -0.2) is 9.50 Å². The van der Waals surface area contributed by atoms with E-state index in [1.54, 1.807) is 12.4 Å². The van der Waals surface area contributed by atoms with Gasteiger partial charge in [0, 0.05) is 36.1 Å². The molecule has 4 aromatic rings. The fourth-order valence-electron chi connectivity index (χ4n) is 3.56. The highest BCUT2D eigenvalue weighted by Gasteiger charge is 2.16. The number of nitrogens with zero attached hydrogens (tertiary/aromatic N) is 4. The lowest BCUT2D eigenvalue weighted by Crippen LogP contribution is -2.25. The molecule has 5 rings (SSSR count). The average Bonchev–Trinajstić information content (AvgIpc) is 3.21. The minimum absolute atomic E-state index is 0.169. The van der Waals surface area contributed by atoms with E-state index in [0.717, 1.165) is 65.6 Å². The first-order valence-corrected chi connectivity index (χ1v) is 10.2. The molecule has 30 heavy (non-hydrogen) atoms. The Hall–Kier alpha value is -3.45. The number of aromatic nitrogens is 4. The van der Waals surface area contributed by atoms with Crippen molar-refractivity contribution in [3.8, 4) is 17.0 Å². The molecule has 1 saturated heterocycles. The number of nitrogens with one attached hydrogen (secondary N) is 1. The Morgan fingerprint density at radius 1 is 1.10 bits per heavy atom. The molecule has 1 aliphatic rings. The van der Waals surface area contributed by atoms with Gasteiger partial charge in [-0.15, -0.1) is 5.10 Å². The zero-order chi connectivity index (χ0) is 20.3. The first kappa shape index (κ1) is 18.6. The molecule has 1 aliphatic heterocycles. The molecule has 1 aromatic carbocycles. The molecular formula is C23H23N5O2. The van der Waals surface area contributed by atoms with Crippen LogP contribution in [0.5, 0.6) is 5.75 Å². The van der Waals surface area contributed by atoms with Gasteiger partial charge in [0.05, 0.1) is 18.5 Å². The Balaban J connectivity index is 1.42. The molecule has 152 valence electrons. The number of hydrogen-bond acceptors (Lipinski definition) is 6. The van der Waals surface area contributed by atoms with Crippen LogP contribution in [0.15, 0.2) is 61.1 Å². The molecule has 1 unspecified atom stereocenters. The van der Waals surface area contributed by atoms with Gasteiger partial charge in [0.15, 0.2) is 17.8 Å². The molecule has 0 aliphatic carbocycles. The average molecular weight is 401 g/mol. The van der Waals surface area contributed by atoms with Gasteiger partial charge in [0.25, 0.3) is 0 Å². The van der Waals surface area contributed by atoms with Gasteiger partial charge in [-0.2, -0.15) is 0 Å². The molecule has 1 N–H and O–H groups in total. The van der Waals surface area contributed by atoms with Crippen LogP contribution in [0.25, 0.3) is 16.9 Å². The van der Waals surface area contributed by atoms with Gasteiger partial charge in [0.1, 0.15) is 5.75 Å². The Kier molecular flexibility index (Phi) is 5.03. The van der Waals surface area contributed by atoms with Crippen LogP contribution in [0.4, 0.5) is 11.5 Å². The van der Waals surface area contributed by atoms with Gasteiger partial charge in [-0.3, -0.25) is 4.98 Å². The lowest BCUT2D eigenvalue weighted by molar-refractivity contribution is -0.105. The van der Waals surface area contributed by atoms with Crippen molar-refractivity contribution in [2.24, 2.45) is 0 Å². The van der Waals surface area contributed by atoms with Crippen molar-refractivity contribution >= 4 is 17.2 Å². The Bertz CT molecular complexity index is 1150. The van der Waals surface area contributed by atoms with E-state index >= 15 is 0 Å². The molecule has 1 atom stereocenters. The number of anilines is 2. The van der Waals surface area contributed by atoms with Crippen molar-refractivity contribution in [3.63, 3.8) is 0 Å². The molecule has 3 aromatic heterocycles. The van der Waals surface area contributed by atoms with Crippen LogP contribution >= 0.6 is 0 Å². The van der Waals surface area contributed by atoms with E-state index in [2.05, 4.69) is 22.2 Å². The highest BCUT2D eigenvalue weighted by atomic mass is 16.7. The van der Waals surface area contributed by atoms with Crippen molar-refractivity contribution < 1.29 is 9.47 Å². The van der Waals surface area contributed by atoms with Crippen molar-refractivity contribution in [2.45, 2.75) is 32.5 Å².